The fraction of sp³-hybridized carbons (Fsp3) is 0.333. The van der Waals surface area contributed by atoms with Crippen LogP contribution >= 0.6 is 27.5 Å². The van der Waals surface area contributed by atoms with Gasteiger partial charge in [0.1, 0.15) is 16.2 Å². The Hall–Kier alpha value is -1.13. The summed E-state index contributed by atoms with van der Waals surface area (Å²) in [6.45, 7) is 6.95. The van der Waals surface area contributed by atoms with Crippen molar-refractivity contribution in [1.29, 1.82) is 0 Å². The number of halogens is 2. The monoisotopic (exact) mass is 353 g/mol. The van der Waals surface area contributed by atoms with Crippen molar-refractivity contribution >= 4 is 33.3 Å². The molecule has 2 aromatic rings. The van der Waals surface area contributed by atoms with Gasteiger partial charge in [0.15, 0.2) is 0 Å². The Balaban J connectivity index is 2.16. The highest BCUT2D eigenvalue weighted by Crippen LogP contribution is 2.22. The third-order valence-corrected chi connectivity index (χ3v) is 3.37. The lowest BCUT2D eigenvalue weighted by Crippen LogP contribution is -2.17. The van der Waals surface area contributed by atoms with Crippen LogP contribution in [-0.4, -0.2) is 9.97 Å². The standard InChI is InChI=1S/C15H17BrClN3/c1-15(2,3)14-19-12(16)8-13(20-14)18-9-10-5-4-6-11(17)7-10/h4-8H,9H2,1-3H3,(H,18,19,20). The normalized spacial score (nSPS) is 11.4. The lowest BCUT2D eigenvalue weighted by Gasteiger charge is -2.18. The fourth-order valence-electron chi connectivity index (χ4n) is 1.68. The third kappa shape index (κ3) is 4.18. The molecule has 20 heavy (non-hydrogen) atoms. The van der Waals surface area contributed by atoms with Gasteiger partial charge in [0, 0.05) is 23.0 Å². The Morgan fingerprint density at radius 2 is 1.95 bits per heavy atom. The largest absolute Gasteiger partial charge is 0.366 e. The molecule has 0 bridgehead atoms. The van der Waals surface area contributed by atoms with Crippen molar-refractivity contribution in [2.75, 3.05) is 5.32 Å². The summed E-state index contributed by atoms with van der Waals surface area (Å²) in [6.07, 6.45) is 0. The number of nitrogens with zero attached hydrogens (tertiary/aromatic N) is 2. The molecule has 106 valence electrons. The fourth-order valence-corrected chi connectivity index (χ4v) is 2.28. The van der Waals surface area contributed by atoms with Gasteiger partial charge in [-0.3, -0.25) is 0 Å². The summed E-state index contributed by atoms with van der Waals surface area (Å²) in [7, 11) is 0. The molecule has 0 aliphatic heterocycles. The van der Waals surface area contributed by atoms with Gasteiger partial charge in [0.05, 0.1) is 0 Å². The topological polar surface area (TPSA) is 37.8 Å². The molecular weight excluding hydrogens is 338 g/mol. The van der Waals surface area contributed by atoms with Crippen LogP contribution in [0.5, 0.6) is 0 Å². The molecule has 0 radical (unpaired) electrons. The number of benzene rings is 1. The average Bonchev–Trinajstić information content (AvgIpc) is 2.35. The molecule has 1 aromatic carbocycles. The van der Waals surface area contributed by atoms with E-state index in [0.717, 1.165) is 26.8 Å². The number of hydrogen-bond donors (Lipinski definition) is 1. The van der Waals surface area contributed by atoms with Gasteiger partial charge in [-0.05, 0) is 33.6 Å². The van der Waals surface area contributed by atoms with Crippen LogP contribution in [-0.2, 0) is 12.0 Å². The second-order valence-corrected chi connectivity index (χ2v) is 6.88. The van der Waals surface area contributed by atoms with Crippen LogP contribution in [0.1, 0.15) is 32.2 Å². The second kappa shape index (κ2) is 6.10. The van der Waals surface area contributed by atoms with Crippen LogP contribution in [0.25, 0.3) is 0 Å². The summed E-state index contributed by atoms with van der Waals surface area (Å²) in [5, 5.41) is 4.04. The second-order valence-electron chi connectivity index (χ2n) is 5.63. The van der Waals surface area contributed by atoms with Crippen molar-refractivity contribution in [1.82, 2.24) is 9.97 Å². The van der Waals surface area contributed by atoms with Crippen molar-refractivity contribution in [3.8, 4) is 0 Å². The van der Waals surface area contributed by atoms with E-state index in [1.807, 2.05) is 30.3 Å². The van der Waals surface area contributed by atoms with Crippen LogP contribution in [0.4, 0.5) is 5.82 Å². The molecule has 0 aliphatic rings. The van der Waals surface area contributed by atoms with Crippen LogP contribution in [0.2, 0.25) is 5.02 Å². The molecule has 0 saturated heterocycles. The number of nitrogens with one attached hydrogen (secondary N) is 1. The van der Waals surface area contributed by atoms with Gasteiger partial charge in [-0.1, -0.05) is 44.5 Å². The molecule has 3 nitrogen and oxygen atoms in total. The lowest BCUT2D eigenvalue weighted by molar-refractivity contribution is 0.544. The molecule has 0 fully saturated rings. The van der Waals surface area contributed by atoms with Crippen molar-refractivity contribution in [2.45, 2.75) is 32.7 Å². The van der Waals surface area contributed by atoms with E-state index in [2.05, 4.69) is 52.0 Å². The van der Waals surface area contributed by atoms with Crippen molar-refractivity contribution < 1.29 is 0 Å². The first kappa shape index (κ1) is 15.3. The van der Waals surface area contributed by atoms with E-state index in [4.69, 9.17) is 11.6 Å². The summed E-state index contributed by atoms with van der Waals surface area (Å²) < 4.78 is 0.783. The van der Waals surface area contributed by atoms with E-state index in [1.54, 1.807) is 0 Å². The van der Waals surface area contributed by atoms with Crippen LogP contribution in [0.3, 0.4) is 0 Å². The molecule has 5 heteroatoms. The highest BCUT2D eigenvalue weighted by atomic mass is 79.9. The molecular formula is C15H17BrClN3. The van der Waals surface area contributed by atoms with Crippen LogP contribution in [0, 0.1) is 0 Å². The Morgan fingerprint density at radius 3 is 2.60 bits per heavy atom. The van der Waals surface area contributed by atoms with E-state index in [0.29, 0.717) is 6.54 Å². The SMILES string of the molecule is CC(C)(C)c1nc(Br)cc(NCc2cccc(Cl)c2)n1. The lowest BCUT2D eigenvalue weighted by atomic mass is 9.96. The highest BCUT2D eigenvalue weighted by Gasteiger charge is 2.18. The average molecular weight is 355 g/mol. The minimum atomic E-state index is -0.0870. The molecule has 0 saturated carbocycles. The molecule has 0 aliphatic carbocycles. The molecule has 2 rings (SSSR count). The van der Waals surface area contributed by atoms with E-state index in [9.17, 15) is 0 Å². The van der Waals surface area contributed by atoms with E-state index >= 15 is 0 Å². The number of rotatable bonds is 3. The Kier molecular flexibility index (Phi) is 4.66. The van der Waals surface area contributed by atoms with Crippen molar-refractivity contribution in [3.05, 3.63) is 51.3 Å². The smallest absolute Gasteiger partial charge is 0.137 e. The Morgan fingerprint density at radius 1 is 1.20 bits per heavy atom. The summed E-state index contributed by atoms with van der Waals surface area (Å²) in [5.74, 6) is 1.61. The molecule has 0 unspecified atom stereocenters. The molecule has 0 amide bonds. The zero-order valence-electron chi connectivity index (χ0n) is 11.7. The van der Waals surface area contributed by atoms with Crippen molar-refractivity contribution in [2.24, 2.45) is 0 Å². The van der Waals surface area contributed by atoms with Gasteiger partial charge in [-0.2, -0.15) is 0 Å². The summed E-state index contributed by atoms with van der Waals surface area (Å²) in [5.41, 5.74) is 1.03. The molecule has 0 spiro atoms. The first-order valence-corrected chi connectivity index (χ1v) is 7.55. The maximum absolute atomic E-state index is 5.98. The van der Waals surface area contributed by atoms with Gasteiger partial charge in [-0.15, -0.1) is 0 Å². The maximum Gasteiger partial charge on any atom is 0.137 e. The van der Waals surface area contributed by atoms with Gasteiger partial charge < -0.3 is 5.32 Å². The minimum Gasteiger partial charge on any atom is -0.366 e. The van der Waals surface area contributed by atoms with E-state index in [-0.39, 0.29) is 5.41 Å². The number of aromatic nitrogens is 2. The third-order valence-electron chi connectivity index (χ3n) is 2.73. The summed E-state index contributed by atoms with van der Waals surface area (Å²) >= 11 is 9.41. The molecule has 1 N–H and O–H groups in total. The van der Waals surface area contributed by atoms with Crippen LogP contribution < -0.4 is 5.32 Å². The van der Waals surface area contributed by atoms with Crippen LogP contribution in [0.15, 0.2) is 34.9 Å². The Labute approximate surface area is 132 Å². The van der Waals surface area contributed by atoms with Gasteiger partial charge in [-0.25, -0.2) is 9.97 Å². The first-order valence-electron chi connectivity index (χ1n) is 6.38. The number of anilines is 1. The van der Waals surface area contributed by atoms with E-state index < -0.39 is 0 Å². The van der Waals surface area contributed by atoms with E-state index in [1.165, 1.54) is 0 Å². The predicted octanol–water partition coefficient (Wildman–Crippen LogP) is 4.80. The van der Waals surface area contributed by atoms with Gasteiger partial charge in [0.2, 0.25) is 0 Å². The van der Waals surface area contributed by atoms with Crippen molar-refractivity contribution in [3.63, 3.8) is 0 Å². The predicted molar refractivity (Wildman–Crippen MR) is 87.2 cm³/mol. The quantitative estimate of drug-likeness (QED) is 0.804. The molecule has 1 heterocycles. The van der Waals surface area contributed by atoms with Gasteiger partial charge >= 0.3 is 0 Å². The Bertz CT molecular complexity index is 608. The molecule has 0 atom stereocenters. The zero-order valence-corrected chi connectivity index (χ0v) is 14.1. The first-order chi connectivity index (χ1) is 9.34. The zero-order chi connectivity index (χ0) is 14.8. The maximum atomic E-state index is 5.98. The van der Waals surface area contributed by atoms with Gasteiger partial charge in [0.25, 0.3) is 0 Å². The summed E-state index contributed by atoms with van der Waals surface area (Å²) in [6, 6.07) is 9.65. The minimum absolute atomic E-state index is 0.0870. The summed E-state index contributed by atoms with van der Waals surface area (Å²) in [4.78, 5) is 8.98. The molecule has 1 aromatic heterocycles. The number of hydrogen-bond acceptors (Lipinski definition) is 3. The highest BCUT2D eigenvalue weighted by molar-refractivity contribution is 9.10.